The standard InChI is InChI=1S/C21H25BrN2O3S/c1-16-6-8-19(9-7-16)28(26,27)24-12-10-17(11-13-24)14-21(25)23-15-18-4-2-3-5-20(18)22/h2-9,17H,10-15H2,1H3,(H,23,25). The molecular weight excluding hydrogens is 440 g/mol. The van der Waals surface area contributed by atoms with Crippen LogP contribution in [0.2, 0.25) is 0 Å². The number of aryl methyl sites for hydroxylation is 1. The van der Waals surface area contributed by atoms with E-state index in [-0.39, 0.29) is 11.8 Å². The highest BCUT2D eigenvalue weighted by Crippen LogP contribution is 2.26. The molecule has 1 saturated heterocycles. The maximum absolute atomic E-state index is 12.8. The summed E-state index contributed by atoms with van der Waals surface area (Å²) in [6.07, 6.45) is 1.84. The Morgan fingerprint density at radius 2 is 1.75 bits per heavy atom. The van der Waals surface area contributed by atoms with E-state index in [4.69, 9.17) is 0 Å². The van der Waals surface area contributed by atoms with Gasteiger partial charge >= 0.3 is 0 Å². The Hall–Kier alpha value is -1.70. The van der Waals surface area contributed by atoms with Crippen LogP contribution in [0.15, 0.2) is 57.9 Å². The molecule has 5 nitrogen and oxygen atoms in total. The second-order valence-corrected chi connectivity index (χ2v) is 10.0. The highest BCUT2D eigenvalue weighted by atomic mass is 79.9. The number of amides is 1. The summed E-state index contributed by atoms with van der Waals surface area (Å²) in [7, 11) is -3.45. The Bertz CT molecular complexity index is 921. The molecule has 1 heterocycles. The van der Waals surface area contributed by atoms with Gasteiger partial charge in [-0.05, 0) is 49.4 Å². The van der Waals surface area contributed by atoms with E-state index in [0.717, 1.165) is 15.6 Å². The number of hydrogen-bond donors (Lipinski definition) is 1. The van der Waals surface area contributed by atoms with Crippen molar-refractivity contribution >= 4 is 31.9 Å². The number of carbonyl (C=O) groups excluding carboxylic acids is 1. The highest BCUT2D eigenvalue weighted by molar-refractivity contribution is 9.10. The van der Waals surface area contributed by atoms with E-state index < -0.39 is 10.0 Å². The van der Waals surface area contributed by atoms with Crippen molar-refractivity contribution in [2.45, 2.75) is 37.6 Å². The van der Waals surface area contributed by atoms with Crippen LogP contribution in [0.25, 0.3) is 0 Å². The molecule has 150 valence electrons. The van der Waals surface area contributed by atoms with Gasteiger partial charge in [0.25, 0.3) is 0 Å². The van der Waals surface area contributed by atoms with Gasteiger partial charge in [-0.1, -0.05) is 51.8 Å². The Morgan fingerprint density at radius 3 is 2.39 bits per heavy atom. The second-order valence-electron chi connectivity index (χ2n) is 7.23. The first-order valence-corrected chi connectivity index (χ1v) is 11.7. The number of sulfonamides is 1. The van der Waals surface area contributed by atoms with Crippen molar-refractivity contribution in [2.75, 3.05) is 13.1 Å². The van der Waals surface area contributed by atoms with Crippen molar-refractivity contribution < 1.29 is 13.2 Å². The Balaban J connectivity index is 1.49. The Labute approximate surface area is 175 Å². The minimum atomic E-state index is -3.45. The first-order chi connectivity index (χ1) is 13.4. The molecule has 28 heavy (non-hydrogen) atoms. The van der Waals surface area contributed by atoms with Gasteiger partial charge in [0.15, 0.2) is 0 Å². The van der Waals surface area contributed by atoms with E-state index in [1.165, 1.54) is 4.31 Å². The molecular formula is C21H25BrN2O3S. The molecule has 0 aliphatic carbocycles. The van der Waals surface area contributed by atoms with Gasteiger partial charge in [-0.25, -0.2) is 8.42 Å². The van der Waals surface area contributed by atoms with Gasteiger partial charge < -0.3 is 5.32 Å². The van der Waals surface area contributed by atoms with Crippen LogP contribution in [0, 0.1) is 12.8 Å². The third-order valence-electron chi connectivity index (χ3n) is 5.14. The lowest BCUT2D eigenvalue weighted by molar-refractivity contribution is -0.122. The number of piperidine rings is 1. The van der Waals surface area contributed by atoms with Crippen LogP contribution < -0.4 is 5.32 Å². The molecule has 1 N–H and O–H groups in total. The van der Waals surface area contributed by atoms with Crippen molar-refractivity contribution in [3.05, 3.63) is 64.1 Å². The van der Waals surface area contributed by atoms with E-state index in [2.05, 4.69) is 21.2 Å². The monoisotopic (exact) mass is 464 g/mol. The van der Waals surface area contributed by atoms with Crippen LogP contribution in [-0.4, -0.2) is 31.7 Å². The van der Waals surface area contributed by atoms with Gasteiger partial charge in [0.05, 0.1) is 4.90 Å². The zero-order valence-corrected chi connectivity index (χ0v) is 18.3. The van der Waals surface area contributed by atoms with Crippen LogP contribution in [0.1, 0.15) is 30.4 Å². The maximum atomic E-state index is 12.8. The lowest BCUT2D eigenvalue weighted by Crippen LogP contribution is -2.39. The van der Waals surface area contributed by atoms with Crippen molar-refractivity contribution in [1.82, 2.24) is 9.62 Å². The quantitative estimate of drug-likeness (QED) is 0.705. The summed E-state index contributed by atoms with van der Waals surface area (Å²) in [4.78, 5) is 12.6. The zero-order valence-electron chi connectivity index (χ0n) is 15.9. The Kier molecular flexibility index (Phi) is 6.91. The van der Waals surface area contributed by atoms with Gasteiger partial charge in [-0.2, -0.15) is 4.31 Å². The molecule has 1 fully saturated rings. The summed E-state index contributed by atoms with van der Waals surface area (Å²) in [5.74, 6) is 0.222. The lowest BCUT2D eigenvalue weighted by atomic mass is 9.94. The summed E-state index contributed by atoms with van der Waals surface area (Å²) in [6, 6.07) is 14.7. The van der Waals surface area contributed by atoms with Crippen molar-refractivity contribution in [3.8, 4) is 0 Å². The SMILES string of the molecule is Cc1ccc(S(=O)(=O)N2CCC(CC(=O)NCc3ccccc3Br)CC2)cc1. The molecule has 1 aliphatic rings. The molecule has 0 spiro atoms. The normalized spacial score (nSPS) is 16.1. The van der Waals surface area contributed by atoms with Gasteiger partial charge in [0.2, 0.25) is 15.9 Å². The van der Waals surface area contributed by atoms with E-state index in [0.29, 0.717) is 43.8 Å². The maximum Gasteiger partial charge on any atom is 0.243 e. The molecule has 1 aliphatic heterocycles. The van der Waals surface area contributed by atoms with Gasteiger partial charge in [0.1, 0.15) is 0 Å². The molecule has 0 bridgehead atoms. The van der Waals surface area contributed by atoms with E-state index in [1.807, 2.05) is 43.3 Å². The molecule has 0 radical (unpaired) electrons. The smallest absolute Gasteiger partial charge is 0.243 e. The average molecular weight is 465 g/mol. The minimum absolute atomic E-state index is 0.00981. The number of halogens is 1. The number of hydrogen-bond acceptors (Lipinski definition) is 3. The predicted molar refractivity (Wildman–Crippen MR) is 113 cm³/mol. The number of nitrogens with zero attached hydrogens (tertiary/aromatic N) is 1. The molecule has 2 aromatic rings. The Morgan fingerprint density at radius 1 is 1.11 bits per heavy atom. The first-order valence-electron chi connectivity index (χ1n) is 9.43. The van der Waals surface area contributed by atoms with Crippen molar-refractivity contribution in [3.63, 3.8) is 0 Å². The van der Waals surface area contributed by atoms with Gasteiger partial charge in [-0.3, -0.25) is 4.79 Å². The summed E-state index contributed by atoms with van der Waals surface area (Å²) >= 11 is 3.48. The zero-order chi connectivity index (χ0) is 20.1. The molecule has 3 rings (SSSR count). The lowest BCUT2D eigenvalue weighted by Gasteiger charge is -2.31. The minimum Gasteiger partial charge on any atom is -0.352 e. The fourth-order valence-electron chi connectivity index (χ4n) is 3.38. The molecule has 0 atom stereocenters. The van der Waals surface area contributed by atoms with Crippen molar-refractivity contribution in [2.24, 2.45) is 5.92 Å². The number of carbonyl (C=O) groups is 1. The number of rotatable bonds is 6. The van der Waals surface area contributed by atoms with E-state index in [1.54, 1.807) is 12.1 Å². The summed E-state index contributed by atoms with van der Waals surface area (Å²) in [5, 5.41) is 2.96. The molecule has 1 amide bonds. The fraction of sp³-hybridized carbons (Fsp3) is 0.381. The highest BCUT2D eigenvalue weighted by Gasteiger charge is 2.30. The number of benzene rings is 2. The van der Waals surface area contributed by atoms with Gasteiger partial charge in [-0.15, -0.1) is 0 Å². The van der Waals surface area contributed by atoms with Crippen LogP contribution in [0.3, 0.4) is 0 Å². The third-order valence-corrected chi connectivity index (χ3v) is 7.83. The molecule has 0 saturated carbocycles. The fourth-order valence-corrected chi connectivity index (χ4v) is 5.28. The van der Waals surface area contributed by atoms with E-state index in [9.17, 15) is 13.2 Å². The summed E-state index contributed by atoms with van der Waals surface area (Å²) in [5.41, 5.74) is 2.07. The molecule has 0 aromatic heterocycles. The second kappa shape index (κ2) is 9.20. The summed E-state index contributed by atoms with van der Waals surface area (Å²) < 4.78 is 28.0. The largest absolute Gasteiger partial charge is 0.352 e. The van der Waals surface area contributed by atoms with Gasteiger partial charge in [0, 0.05) is 30.5 Å². The van der Waals surface area contributed by atoms with E-state index >= 15 is 0 Å². The average Bonchev–Trinajstić information content (AvgIpc) is 2.68. The van der Waals surface area contributed by atoms with Crippen LogP contribution in [0.4, 0.5) is 0 Å². The first kappa shape index (κ1) is 21.0. The number of nitrogens with one attached hydrogen (secondary N) is 1. The molecule has 2 aromatic carbocycles. The predicted octanol–water partition coefficient (Wildman–Crippen LogP) is 3.86. The van der Waals surface area contributed by atoms with Crippen LogP contribution in [-0.2, 0) is 21.4 Å². The van der Waals surface area contributed by atoms with Crippen molar-refractivity contribution in [1.29, 1.82) is 0 Å². The van der Waals surface area contributed by atoms with Crippen LogP contribution >= 0.6 is 15.9 Å². The van der Waals surface area contributed by atoms with Crippen LogP contribution in [0.5, 0.6) is 0 Å². The molecule has 7 heteroatoms. The summed E-state index contributed by atoms with van der Waals surface area (Å²) in [6.45, 7) is 3.33. The third kappa shape index (κ3) is 5.21. The molecule has 0 unspecified atom stereocenters. The topological polar surface area (TPSA) is 66.5 Å².